The Bertz CT molecular complexity index is 603. The third-order valence-corrected chi connectivity index (χ3v) is 5.75. The largest absolute Gasteiger partial charge is 0.525 e. The molecule has 2 heterocycles. The van der Waals surface area contributed by atoms with E-state index >= 15 is 4.39 Å². The molecule has 0 bridgehead atoms. The standard InChI is InChI=1S/C18H29BFNO4/c1-15(2,3)23-14(22)21-11-8-12(18(21)9-10-18)13(20)19-24-16(4,5)17(6,7)25-19/h8-11H2,1-7H3. The molecule has 0 atom stereocenters. The van der Waals surface area contributed by atoms with Gasteiger partial charge in [0.25, 0.3) is 0 Å². The minimum atomic E-state index is -1.00. The highest BCUT2D eigenvalue weighted by molar-refractivity contribution is 6.54. The highest BCUT2D eigenvalue weighted by Gasteiger charge is 2.61. The first-order valence-electron chi connectivity index (χ1n) is 9.04. The lowest BCUT2D eigenvalue weighted by Gasteiger charge is -2.32. The Morgan fingerprint density at radius 2 is 1.68 bits per heavy atom. The molecule has 3 fully saturated rings. The molecule has 5 nitrogen and oxygen atoms in total. The van der Waals surface area contributed by atoms with E-state index in [0.29, 0.717) is 18.5 Å². The van der Waals surface area contributed by atoms with Crippen molar-refractivity contribution in [3.8, 4) is 0 Å². The van der Waals surface area contributed by atoms with Crippen LogP contribution in [0.2, 0.25) is 0 Å². The van der Waals surface area contributed by atoms with Gasteiger partial charge in [-0.05, 0) is 73.3 Å². The highest BCUT2D eigenvalue weighted by Crippen LogP contribution is 2.55. The van der Waals surface area contributed by atoms with E-state index in [2.05, 4.69) is 0 Å². The minimum Gasteiger partial charge on any atom is -0.444 e. The van der Waals surface area contributed by atoms with Gasteiger partial charge in [-0.3, -0.25) is 4.90 Å². The van der Waals surface area contributed by atoms with Crippen molar-refractivity contribution in [2.45, 2.75) is 90.1 Å². The van der Waals surface area contributed by atoms with Crippen LogP contribution >= 0.6 is 0 Å². The van der Waals surface area contributed by atoms with E-state index in [4.69, 9.17) is 14.0 Å². The van der Waals surface area contributed by atoms with Crippen LogP contribution in [0.25, 0.3) is 0 Å². The number of hydrogen-bond acceptors (Lipinski definition) is 4. The van der Waals surface area contributed by atoms with Gasteiger partial charge in [0, 0.05) is 6.54 Å². The average molecular weight is 353 g/mol. The van der Waals surface area contributed by atoms with Gasteiger partial charge in [0.15, 0.2) is 0 Å². The van der Waals surface area contributed by atoms with E-state index in [9.17, 15) is 4.79 Å². The number of rotatable bonds is 1. The number of halogens is 1. The second-order valence-corrected chi connectivity index (χ2v) is 9.33. The maximum atomic E-state index is 15.3. The van der Waals surface area contributed by atoms with Crippen LogP contribution in [0, 0.1) is 0 Å². The molecule has 0 unspecified atom stereocenters. The lowest BCUT2D eigenvalue weighted by molar-refractivity contribution is 0.00578. The Balaban J connectivity index is 1.83. The van der Waals surface area contributed by atoms with Gasteiger partial charge in [0.05, 0.1) is 16.7 Å². The van der Waals surface area contributed by atoms with E-state index in [1.165, 1.54) is 0 Å². The van der Waals surface area contributed by atoms with Crippen molar-refractivity contribution < 1.29 is 23.2 Å². The third kappa shape index (κ3) is 3.10. The summed E-state index contributed by atoms with van der Waals surface area (Å²) in [5.41, 5.74) is -2.02. The molecule has 3 rings (SSSR count). The lowest BCUT2D eigenvalue weighted by Crippen LogP contribution is -2.42. The average Bonchev–Trinajstić information content (AvgIpc) is 3.03. The predicted octanol–water partition coefficient (Wildman–Crippen LogP) is 4.01. The van der Waals surface area contributed by atoms with Crippen LogP contribution in [0.3, 0.4) is 0 Å². The maximum absolute atomic E-state index is 15.3. The Morgan fingerprint density at radius 1 is 1.16 bits per heavy atom. The van der Waals surface area contributed by atoms with E-state index in [-0.39, 0.29) is 11.8 Å². The summed E-state index contributed by atoms with van der Waals surface area (Å²) in [5, 5.41) is 0. The van der Waals surface area contributed by atoms with E-state index in [0.717, 1.165) is 12.8 Å². The van der Waals surface area contributed by atoms with Crippen molar-refractivity contribution in [3.63, 3.8) is 0 Å². The first kappa shape index (κ1) is 18.7. The molecule has 0 aromatic carbocycles. The molecule has 25 heavy (non-hydrogen) atoms. The van der Waals surface area contributed by atoms with Gasteiger partial charge in [-0.25, -0.2) is 9.18 Å². The first-order valence-corrected chi connectivity index (χ1v) is 9.04. The molecule has 0 radical (unpaired) electrons. The summed E-state index contributed by atoms with van der Waals surface area (Å²) in [6.45, 7) is 13.6. The molecule has 3 aliphatic rings. The fourth-order valence-electron chi connectivity index (χ4n) is 3.54. The fourth-order valence-corrected chi connectivity index (χ4v) is 3.54. The summed E-state index contributed by atoms with van der Waals surface area (Å²) in [7, 11) is -1.00. The summed E-state index contributed by atoms with van der Waals surface area (Å²) >= 11 is 0. The molecule has 140 valence electrons. The Labute approximate surface area is 150 Å². The lowest BCUT2D eigenvalue weighted by atomic mass is 9.82. The zero-order valence-corrected chi connectivity index (χ0v) is 16.4. The second-order valence-electron chi connectivity index (χ2n) is 9.33. The summed E-state index contributed by atoms with van der Waals surface area (Å²) in [4.78, 5) is 14.2. The molecule has 0 N–H and O–H groups in total. The van der Waals surface area contributed by atoms with Gasteiger partial charge in [-0.15, -0.1) is 0 Å². The summed E-state index contributed by atoms with van der Waals surface area (Å²) in [6.07, 6.45) is 1.64. The van der Waals surface area contributed by atoms with E-state index < -0.39 is 29.5 Å². The molecular formula is C18H29BFNO4. The Hall–Kier alpha value is -1.08. The molecule has 0 aromatic rings. The molecule has 0 aromatic heterocycles. The van der Waals surface area contributed by atoms with Gasteiger partial charge in [0.1, 0.15) is 11.3 Å². The molecule has 1 spiro atoms. The summed E-state index contributed by atoms with van der Waals surface area (Å²) < 4.78 is 32.4. The van der Waals surface area contributed by atoms with Crippen LogP contribution in [0.15, 0.2) is 11.3 Å². The number of likely N-dealkylation sites (tertiary alicyclic amines) is 1. The highest BCUT2D eigenvalue weighted by atomic mass is 19.1. The third-order valence-electron chi connectivity index (χ3n) is 5.75. The molecule has 2 aliphatic heterocycles. The Morgan fingerprint density at radius 3 is 2.12 bits per heavy atom. The van der Waals surface area contributed by atoms with Crippen molar-refractivity contribution in [3.05, 3.63) is 11.3 Å². The molecule has 1 aliphatic carbocycles. The zero-order valence-electron chi connectivity index (χ0n) is 16.4. The van der Waals surface area contributed by atoms with Gasteiger partial charge in [0.2, 0.25) is 0 Å². The predicted molar refractivity (Wildman–Crippen MR) is 93.7 cm³/mol. The van der Waals surface area contributed by atoms with E-state index in [1.54, 1.807) is 4.90 Å². The van der Waals surface area contributed by atoms with Crippen molar-refractivity contribution in [1.29, 1.82) is 0 Å². The molecule has 2 saturated heterocycles. The monoisotopic (exact) mass is 353 g/mol. The van der Waals surface area contributed by atoms with Crippen molar-refractivity contribution in [2.24, 2.45) is 0 Å². The summed E-state index contributed by atoms with van der Waals surface area (Å²) in [6, 6.07) is 0. The Kier molecular flexibility index (Phi) is 4.09. The second kappa shape index (κ2) is 5.46. The van der Waals surface area contributed by atoms with E-state index in [1.807, 2.05) is 48.5 Å². The topological polar surface area (TPSA) is 48.0 Å². The number of carbonyl (C=O) groups is 1. The van der Waals surface area contributed by atoms with Crippen LogP contribution in [-0.2, 0) is 14.0 Å². The number of ether oxygens (including phenoxy) is 1. The van der Waals surface area contributed by atoms with Crippen LogP contribution in [0.5, 0.6) is 0 Å². The molecule has 1 saturated carbocycles. The number of nitrogens with zero attached hydrogens (tertiary/aromatic N) is 1. The molecule has 1 amide bonds. The first-order chi connectivity index (χ1) is 11.3. The number of amides is 1. The van der Waals surface area contributed by atoms with Crippen LogP contribution in [0.1, 0.15) is 67.7 Å². The smallest absolute Gasteiger partial charge is 0.444 e. The molecule has 7 heteroatoms. The number of carbonyl (C=O) groups excluding carboxylic acids is 1. The number of hydrogen-bond donors (Lipinski definition) is 0. The van der Waals surface area contributed by atoms with Gasteiger partial charge < -0.3 is 14.0 Å². The van der Waals surface area contributed by atoms with Crippen LogP contribution < -0.4 is 0 Å². The molecular weight excluding hydrogens is 324 g/mol. The van der Waals surface area contributed by atoms with Crippen LogP contribution in [-0.4, -0.2) is 47.0 Å². The summed E-state index contributed by atoms with van der Waals surface area (Å²) in [5.74, 6) is 0. The zero-order chi connectivity index (χ0) is 18.8. The normalized spacial score (nSPS) is 28.5. The van der Waals surface area contributed by atoms with Crippen LogP contribution in [0.4, 0.5) is 9.18 Å². The van der Waals surface area contributed by atoms with Gasteiger partial charge in [-0.2, -0.15) is 0 Å². The van der Waals surface area contributed by atoms with Gasteiger partial charge in [-0.1, -0.05) is 0 Å². The maximum Gasteiger partial charge on any atom is 0.525 e. The van der Waals surface area contributed by atoms with Crippen molar-refractivity contribution in [1.82, 2.24) is 4.90 Å². The van der Waals surface area contributed by atoms with Gasteiger partial charge >= 0.3 is 13.2 Å². The van der Waals surface area contributed by atoms with Crippen molar-refractivity contribution >= 4 is 13.2 Å². The minimum absolute atomic E-state index is 0.373. The SMILES string of the molecule is CC(C)(C)OC(=O)N1CCC(=C(F)B2OC(C)(C)C(C)(C)O2)C12CC2. The fraction of sp³-hybridized carbons (Fsp3) is 0.833. The quantitative estimate of drug-likeness (QED) is 0.668. The van der Waals surface area contributed by atoms with Crippen molar-refractivity contribution in [2.75, 3.05) is 6.54 Å².